The Morgan fingerprint density at radius 3 is 2.78 bits per heavy atom. The van der Waals surface area contributed by atoms with Gasteiger partial charge in [-0.15, -0.1) is 10.2 Å². The number of halogens is 1. The van der Waals surface area contributed by atoms with Gasteiger partial charge in [-0.05, 0) is 60.6 Å². The number of hydrogen-bond donors (Lipinski definition) is 1. The summed E-state index contributed by atoms with van der Waals surface area (Å²) in [6.45, 7) is 0.106. The standard InChI is InChI=1S/C16H18ClN5O/c17-13-5-3-11(4-6-13)16-19-21-22(20-16)9-15(23)18-14-8-10-1-2-12(14)7-10/h3-6,10,12,14H,1-2,7-9H2,(H,18,23)/t10-,12+,14-/m0/s1. The van der Waals surface area contributed by atoms with Gasteiger partial charge in [0.05, 0.1) is 0 Å². The number of aromatic nitrogens is 4. The van der Waals surface area contributed by atoms with Gasteiger partial charge in [0.25, 0.3) is 0 Å². The van der Waals surface area contributed by atoms with Crippen molar-refractivity contribution in [3.8, 4) is 11.4 Å². The number of carbonyl (C=O) groups is 1. The van der Waals surface area contributed by atoms with Crippen molar-refractivity contribution in [3.05, 3.63) is 29.3 Å². The summed E-state index contributed by atoms with van der Waals surface area (Å²) in [5, 5.41) is 16.0. The number of benzene rings is 1. The van der Waals surface area contributed by atoms with Crippen LogP contribution in [-0.2, 0) is 11.3 Å². The van der Waals surface area contributed by atoms with Crippen LogP contribution >= 0.6 is 11.6 Å². The first-order valence-corrected chi connectivity index (χ1v) is 8.38. The molecule has 7 heteroatoms. The van der Waals surface area contributed by atoms with E-state index in [2.05, 4.69) is 20.7 Å². The molecular weight excluding hydrogens is 314 g/mol. The quantitative estimate of drug-likeness (QED) is 0.933. The van der Waals surface area contributed by atoms with Gasteiger partial charge in [0.2, 0.25) is 11.7 Å². The van der Waals surface area contributed by atoms with Crippen molar-refractivity contribution in [1.29, 1.82) is 0 Å². The van der Waals surface area contributed by atoms with Crippen molar-refractivity contribution < 1.29 is 4.79 Å². The molecule has 1 amide bonds. The summed E-state index contributed by atoms with van der Waals surface area (Å²) >= 11 is 5.87. The van der Waals surface area contributed by atoms with E-state index in [1.807, 2.05) is 12.1 Å². The fourth-order valence-electron chi connectivity index (χ4n) is 3.83. The Morgan fingerprint density at radius 1 is 1.26 bits per heavy atom. The van der Waals surface area contributed by atoms with Gasteiger partial charge in [-0.3, -0.25) is 4.79 Å². The van der Waals surface area contributed by atoms with E-state index in [0.29, 0.717) is 22.8 Å². The molecule has 4 rings (SSSR count). The number of fused-ring (bicyclic) bond motifs is 2. The molecule has 2 aromatic rings. The molecule has 120 valence electrons. The van der Waals surface area contributed by atoms with Gasteiger partial charge >= 0.3 is 0 Å². The van der Waals surface area contributed by atoms with Crippen LogP contribution < -0.4 is 5.32 Å². The molecule has 0 radical (unpaired) electrons. The summed E-state index contributed by atoms with van der Waals surface area (Å²) in [5.74, 6) is 1.93. The van der Waals surface area contributed by atoms with Crippen LogP contribution in [-0.4, -0.2) is 32.2 Å². The van der Waals surface area contributed by atoms with Gasteiger partial charge in [0.15, 0.2) is 0 Å². The van der Waals surface area contributed by atoms with Crippen LogP contribution in [0, 0.1) is 11.8 Å². The van der Waals surface area contributed by atoms with Crippen LogP contribution in [0.25, 0.3) is 11.4 Å². The largest absolute Gasteiger partial charge is 0.351 e. The average Bonchev–Trinajstić information content (AvgIpc) is 3.24. The predicted molar refractivity (Wildman–Crippen MR) is 85.6 cm³/mol. The number of tetrazole rings is 1. The molecule has 6 nitrogen and oxygen atoms in total. The minimum atomic E-state index is -0.0393. The Hall–Kier alpha value is -1.95. The average molecular weight is 332 g/mol. The normalized spacial score (nSPS) is 25.7. The highest BCUT2D eigenvalue weighted by molar-refractivity contribution is 6.30. The number of amides is 1. The molecule has 1 N–H and O–H groups in total. The molecule has 0 aliphatic heterocycles. The molecule has 1 aromatic heterocycles. The van der Waals surface area contributed by atoms with E-state index < -0.39 is 0 Å². The fourth-order valence-corrected chi connectivity index (χ4v) is 3.95. The monoisotopic (exact) mass is 331 g/mol. The van der Waals surface area contributed by atoms with Gasteiger partial charge in [0, 0.05) is 16.6 Å². The van der Waals surface area contributed by atoms with Crippen molar-refractivity contribution in [2.24, 2.45) is 11.8 Å². The lowest BCUT2D eigenvalue weighted by atomic mass is 9.95. The lowest BCUT2D eigenvalue weighted by molar-refractivity contribution is -0.123. The molecular formula is C16H18ClN5O. The van der Waals surface area contributed by atoms with Crippen LogP contribution in [0.2, 0.25) is 5.02 Å². The van der Waals surface area contributed by atoms with Gasteiger partial charge in [-0.2, -0.15) is 4.80 Å². The molecule has 2 aliphatic carbocycles. The molecule has 2 bridgehead atoms. The van der Waals surface area contributed by atoms with Crippen LogP contribution in [0.15, 0.2) is 24.3 Å². The first-order valence-electron chi connectivity index (χ1n) is 8.00. The topological polar surface area (TPSA) is 72.7 Å². The Morgan fingerprint density at radius 2 is 2.09 bits per heavy atom. The van der Waals surface area contributed by atoms with Crippen molar-refractivity contribution in [3.63, 3.8) is 0 Å². The summed E-state index contributed by atoms with van der Waals surface area (Å²) in [7, 11) is 0. The van der Waals surface area contributed by atoms with Crippen LogP contribution in [0.4, 0.5) is 0 Å². The fraction of sp³-hybridized carbons (Fsp3) is 0.500. The molecule has 0 spiro atoms. The molecule has 2 aliphatic rings. The molecule has 0 unspecified atom stereocenters. The Balaban J connectivity index is 1.37. The van der Waals surface area contributed by atoms with Gasteiger partial charge in [-0.1, -0.05) is 18.0 Å². The zero-order valence-corrected chi connectivity index (χ0v) is 13.4. The van der Waals surface area contributed by atoms with Crippen LogP contribution in [0.3, 0.4) is 0 Å². The number of hydrogen-bond acceptors (Lipinski definition) is 4. The highest BCUT2D eigenvalue weighted by Crippen LogP contribution is 2.44. The third-order valence-electron chi connectivity index (χ3n) is 4.92. The highest BCUT2D eigenvalue weighted by atomic mass is 35.5. The zero-order valence-electron chi connectivity index (χ0n) is 12.7. The first-order chi connectivity index (χ1) is 11.2. The lowest BCUT2D eigenvalue weighted by Gasteiger charge is -2.22. The number of nitrogens with zero attached hydrogens (tertiary/aromatic N) is 4. The van der Waals surface area contributed by atoms with E-state index in [1.165, 1.54) is 24.1 Å². The minimum absolute atomic E-state index is 0.0393. The molecule has 2 saturated carbocycles. The second-order valence-electron chi connectivity index (χ2n) is 6.50. The third-order valence-corrected chi connectivity index (χ3v) is 5.18. The lowest BCUT2D eigenvalue weighted by Crippen LogP contribution is -2.40. The number of carbonyl (C=O) groups excluding carboxylic acids is 1. The highest BCUT2D eigenvalue weighted by Gasteiger charge is 2.40. The van der Waals surface area contributed by atoms with E-state index in [-0.39, 0.29) is 12.5 Å². The van der Waals surface area contributed by atoms with Gasteiger partial charge in [-0.25, -0.2) is 0 Å². The second-order valence-corrected chi connectivity index (χ2v) is 6.94. The number of rotatable bonds is 4. The molecule has 2 fully saturated rings. The molecule has 0 saturated heterocycles. The zero-order chi connectivity index (χ0) is 15.8. The Labute approximate surface area is 139 Å². The summed E-state index contributed by atoms with van der Waals surface area (Å²) < 4.78 is 0. The molecule has 3 atom stereocenters. The SMILES string of the molecule is O=C(Cn1nnc(-c2ccc(Cl)cc2)n1)N[C@H]1C[C@H]2CC[C@@H]1C2. The van der Waals surface area contributed by atoms with E-state index in [1.54, 1.807) is 12.1 Å². The maximum atomic E-state index is 12.2. The molecule has 1 heterocycles. The smallest absolute Gasteiger partial charge is 0.243 e. The predicted octanol–water partition coefficient (Wildman–Crippen LogP) is 2.30. The maximum absolute atomic E-state index is 12.2. The molecule has 1 aromatic carbocycles. The van der Waals surface area contributed by atoms with E-state index in [0.717, 1.165) is 17.9 Å². The summed E-state index contributed by atoms with van der Waals surface area (Å²) in [6.07, 6.45) is 4.97. The summed E-state index contributed by atoms with van der Waals surface area (Å²) in [4.78, 5) is 13.5. The van der Waals surface area contributed by atoms with Crippen molar-refractivity contribution in [1.82, 2.24) is 25.5 Å². The second kappa shape index (κ2) is 5.92. The van der Waals surface area contributed by atoms with E-state index in [4.69, 9.17) is 11.6 Å². The third kappa shape index (κ3) is 3.08. The summed E-state index contributed by atoms with van der Waals surface area (Å²) in [6, 6.07) is 7.55. The van der Waals surface area contributed by atoms with Gasteiger partial charge in [0.1, 0.15) is 6.54 Å². The van der Waals surface area contributed by atoms with Gasteiger partial charge < -0.3 is 5.32 Å². The maximum Gasteiger partial charge on any atom is 0.243 e. The number of nitrogens with one attached hydrogen (secondary N) is 1. The minimum Gasteiger partial charge on any atom is -0.351 e. The first kappa shape index (κ1) is 14.6. The molecule has 23 heavy (non-hydrogen) atoms. The van der Waals surface area contributed by atoms with Crippen LogP contribution in [0.5, 0.6) is 0 Å². The van der Waals surface area contributed by atoms with E-state index in [9.17, 15) is 4.79 Å². The Kier molecular flexibility index (Phi) is 3.77. The Bertz CT molecular complexity index is 714. The van der Waals surface area contributed by atoms with Crippen molar-refractivity contribution in [2.75, 3.05) is 0 Å². The van der Waals surface area contributed by atoms with E-state index >= 15 is 0 Å². The summed E-state index contributed by atoms with van der Waals surface area (Å²) in [5.41, 5.74) is 0.828. The van der Waals surface area contributed by atoms with Crippen molar-refractivity contribution >= 4 is 17.5 Å². The van der Waals surface area contributed by atoms with Crippen LogP contribution in [0.1, 0.15) is 25.7 Å². The van der Waals surface area contributed by atoms with Crippen molar-refractivity contribution in [2.45, 2.75) is 38.3 Å².